The molecule has 0 aromatic heterocycles. The second kappa shape index (κ2) is 7.56. The average molecular weight is 382 g/mol. The lowest BCUT2D eigenvalue weighted by atomic mass is 9.79. The Morgan fingerprint density at radius 3 is 2.74 bits per heavy atom. The third-order valence-corrected chi connectivity index (χ3v) is 4.81. The Balaban J connectivity index is 1.51. The molecular weight excluding hydrogens is 365 g/mol. The average Bonchev–Trinajstić information content (AvgIpc) is 3.25. The molecule has 6 nitrogen and oxygen atoms in total. The first kappa shape index (κ1) is 19.2. The maximum Gasteiger partial charge on any atom is 0.395 e. The van der Waals surface area contributed by atoms with Gasteiger partial charge in [0.25, 0.3) is 5.91 Å². The summed E-state index contributed by atoms with van der Waals surface area (Å²) in [4.78, 5) is 24.0. The van der Waals surface area contributed by atoms with Gasteiger partial charge in [-0.1, -0.05) is 12.1 Å². The number of nitrogens with one attached hydrogen (secondary N) is 1. The number of esters is 1. The van der Waals surface area contributed by atoms with Crippen molar-refractivity contribution in [3.63, 3.8) is 0 Å². The van der Waals surface area contributed by atoms with E-state index < -0.39 is 48.7 Å². The number of alkyl halides is 3. The van der Waals surface area contributed by atoms with Crippen molar-refractivity contribution >= 4 is 11.9 Å². The van der Waals surface area contributed by atoms with Gasteiger partial charge in [-0.15, -0.1) is 0 Å². The zero-order chi connectivity index (χ0) is 19.6. The summed E-state index contributed by atoms with van der Waals surface area (Å²) in [6.07, 6.45) is -5.75. The highest BCUT2D eigenvalue weighted by Gasteiger charge is 2.63. The van der Waals surface area contributed by atoms with Crippen LogP contribution in [0.5, 0.6) is 0 Å². The molecule has 4 atom stereocenters. The molecule has 0 aliphatic carbocycles. The van der Waals surface area contributed by atoms with Gasteiger partial charge in [-0.2, -0.15) is 18.4 Å². The highest BCUT2D eigenvalue weighted by atomic mass is 19.4. The minimum Gasteiger partial charge on any atom is -0.455 e. The van der Waals surface area contributed by atoms with Crippen LogP contribution in [0.15, 0.2) is 24.3 Å². The zero-order valence-corrected chi connectivity index (χ0v) is 14.2. The van der Waals surface area contributed by atoms with Crippen molar-refractivity contribution in [2.24, 2.45) is 11.8 Å². The second-order valence-electron chi connectivity index (χ2n) is 6.58. The van der Waals surface area contributed by atoms with Gasteiger partial charge in [0.2, 0.25) is 0 Å². The number of nitrogens with zero attached hydrogens (tertiary/aromatic N) is 1. The van der Waals surface area contributed by atoms with Crippen molar-refractivity contribution in [2.45, 2.75) is 37.8 Å². The predicted molar refractivity (Wildman–Crippen MR) is 84.9 cm³/mol. The van der Waals surface area contributed by atoms with Gasteiger partial charge in [0.05, 0.1) is 35.7 Å². The molecule has 4 unspecified atom stereocenters. The van der Waals surface area contributed by atoms with Gasteiger partial charge in [-0.25, -0.2) is 0 Å². The first-order valence-corrected chi connectivity index (χ1v) is 8.44. The number of carbonyl (C=O) groups is 2. The van der Waals surface area contributed by atoms with Gasteiger partial charge in [0.15, 0.2) is 6.61 Å². The van der Waals surface area contributed by atoms with E-state index in [9.17, 15) is 22.8 Å². The highest BCUT2D eigenvalue weighted by molar-refractivity contribution is 5.81. The van der Waals surface area contributed by atoms with E-state index in [0.29, 0.717) is 17.5 Å². The van der Waals surface area contributed by atoms with E-state index in [1.807, 2.05) is 6.07 Å². The van der Waals surface area contributed by atoms with Gasteiger partial charge in [-0.3, -0.25) is 9.59 Å². The number of halogens is 3. The number of nitriles is 1. The topological polar surface area (TPSA) is 88.4 Å². The summed E-state index contributed by atoms with van der Waals surface area (Å²) >= 11 is 0. The molecule has 3 rings (SSSR count). The van der Waals surface area contributed by atoms with Crippen LogP contribution in [0.25, 0.3) is 0 Å². The molecule has 1 aromatic rings. The van der Waals surface area contributed by atoms with Crippen molar-refractivity contribution in [3.8, 4) is 6.07 Å². The van der Waals surface area contributed by atoms with Crippen molar-refractivity contribution in [3.05, 3.63) is 35.4 Å². The minimum absolute atomic E-state index is 0.105. The lowest BCUT2D eigenvalue weighted by molar-refractivity contribution is -0.202. The lowest BCUT2D eigenvalue weighted by Gasteiger charge is -2.27. The molecule has 0 radical (unpaired) electrons. The van der Waals surface area contributed by atoms with Crippen LogP contribution < -0.4 is 5.32 Å². The Morgan fingerprint density at radius 2 is 2.04 bits per heavy atom. The molecule has 0 saturated carbocycles. The molecule has 1 aromatic carbocycles. The standard InChI is InChI=1S/C18H17F3N2O4/c19-18(20,21)16-13-5-4-12(27-13)15(16)17(25)26-9-14(24)23-8-11-3-1-2-10(6-11)7-22/h1-3,6,12-13,15-16H,4-5,8-9H2,(H,23,24). The van der Waals surface area contributed by atoms with Crippen LogP contribution in [0.1, 0.15) is 24.0 Å². The number of hydrogen-bond acceptors (Lipinski definition) is 5. The number of amides is 1. The largest absolute Gasteiger partial charge is 0.455 e. The third-order valence-electron chi connectivity index (χ3n) is 4.81. The highest BCUT2D eigenvalue weighted by Crippen LogP contribution is 2.50. The molecule has 2 aliphatic heterocycles. The fraction of sp³-hybridized carbons (Fsp3) is 0.500. The summed E-state index contributed by atoms with van der Waals surface area (Å²) < 4.78 is 49.7. The molecule has 1 amide bonds. The minimum atomic E-state index is -4.56. The summed E-state index contributed by atoms with van der Waals surface area (Å²) in [5.41, 5.74) is 1.11. The lowest BCUT2D eigenvalue weighted by Crippen LogP contribution is -2.43. The number of ether oxygens (including phenoxy) is 2. The van der Waals surface area contributed by atoms with E-state index in [1.165, 1.54) is 0 Å². The molecule has 1 N–H and O–H groups in total. The molecule has 144 valence electrons. The van der Waals surface area contributed by atoms with Crippen LogP contribution in [0.3, 0.4) is 0 Å². The molecule has 0 spiro atoms. The predicted octanol–water partition coefficient (Wildman–Crippen LogP) is 2.07. The van der Waals surface area contributed by atoms with E-state index >= 15 is 0 Å². The van der Waals surface area contributed by atoms with Gasteiger partial charge in [-0.05, 0) is 30.5 Å². The fourth-order valence-electron chi connectivity index (χ4n) is 3.63. The molecule has 2 saturated heterocycles. The molecule has 9 heteroatoms. The quantitative estimate of drug-likeness (QED) is 0.788. The maximum absolute atomic E-state index is 13.2. The van der Waals surface area contributed by atoms with Crippen LogP contribution >= 0.6 is 0 Å². The van der Waals surface area contributed by atoms with Gasteiger partial charge in [0.1, 0.15) is 0 Å². The fourth-order valence-corrected chi connectivity index (χ4v) is 3.63. The Kier molecular flexibility index (Phi) is 5.37. The van der Waals surface area contributed by atoms with Gasteiger partial charge >= 0.3 is 12.1 Å². The van der Waals surface area contributed by atoms with E-state index in [1.54, 1.807) is 24.3 Å². The van der Waals surface area contributed by atoms with Crippen LogP contribution in [0, 0.1) is 23.2 Å². The SMILES string of the molecule is N#Cc1cccc(CNC(=O)COC(=O)C2C3CCC(O3)C2C(F)(F)F)c1. The smallest absolute Gasteiger partial charge is 0.395 e. The number of benzene rings is 1. The summed E-state index contributed by atoms with van der Waals surface area (Å²) in [5.74, 6) is -5.02. The van der Waals surface area contributed by atoms with Crippen LogP contribution in [-0.4, -0.2) is 36.9 Å². The number of carbonyl (C=O) groups excluding carboxylic acids is 2. The first-order valence-electron chi connectivity index (χ1n) is 8.44. The Labute approximate surface area is 153 Å². The van der Waals surface area contributed by atoms with E-state index in [0.717, 1.165) is 0 Å². The number of hydrogen-bond donors (Lipinski definition) is 1. The van der Waals surface area contributed by atoms with Gasteiger partial charge < -0.3 is 14.8 Å². The summed E-state index contributed by atoms with van der Waals surface area (Å²) in [6.45, 7) is -0.566. The van der Waals surface area contributed by atoms with Gasteiger partial charge in [0, 0.05) is 6.54 Å². The normalized spacial score (nSPS) is 26.4. The van der Waals surface area contributed by atoms with Crippen LogP contribution in [-0.2, 0) is 25.6 Å². The van der Waals surface area contributed by atoms with E-state index in [2.05, 4.69) is 5.32 Å². The van der Waals surface area contributed by atoms with Crippen LogP contribution in [0.4, 0.5) is 13.2 Å². The second-order valence-corrected chi connectivity index (χ2v) is 6.58. The Morgan fingerprint density at radius 1 is 1.30 bits per heavy atom. The molecule has 2 fully saturated rings. The summed E-state index contributed by atoms with van der Waals surface area (Å²) in [5, 5.41) is 11.3. The van der Waals surface area contributed by atoms with Crippen molar-refractivity contribution in [1.29, 1.82) is 5.26 Å². The monoisotopic (exact) mass is 382 g/mol. The van der Waals surface area contributed by atoms with Crippen molar-refractivity contribution in [1.82, 2.24) is 5.32 Å². The number of rotatable bonds is 5. The van der Waals surface area contributed by atoms with Crippen LogP contribution in [0.2, 0.25) is 0 Å². The first-order chi connectivity index (χ1) is 12.8. The van der Waals surface area contributed by atoms with E-state index in [4.69, 9.17) is 14.7 Å². The summed E-state index contributed by atoms with van der Waals surface area (Å²) in [6, 6.07) is 8.53. The maximum atomic E-state index is 13.2. The Hall–Kier alpha value is -2.60. The Bertz CT molecular complexity index is 775. The van der Waals surface area contributed by atoms with Crippen molar-refractivity contribution < 1.29 is 32.2 Å². The molecule has 2 aliphatic rings. The number of fused-ring (bicyclic) bond motifs is 2. The van der Waals surface area contributed by atoms with E-state index in [-0.39, 0.29) is 13.0 Å². The van der Waals surface area contributed by atoms with Crippen molar-refractivity contribution in [2.75, 3.05) is 6.61 Å². The summed E-state index contributed by atoms with van der Waals surface area (Å²) in [7, 11) is 0. The zero-order valence-electron chi connectivity index (χ0n) is 14.2. The molecular formula is C18H17F3N2O4. The molecule has 27 heavy (non-hydrogen) atoms. The third kappa shape index (κ3) is 4.22. The molecule has 2 heterocycles. The molecule has 2 bridgehead atoms.